The third kappa shape index (κ3) is 7.55. The fraction of sp³-hybridized carbons (Fsp3) is 0.706. The molecule has 1 aromatic rings. The van der Waals surface area contributed by atoms with E-state index in [0.717, 1.165) is 0 Å². The van der Waals surface area contributed by atoms with Gasteiger partial charge in [0.2, 0.25) is 0 Å². The zero-order valence-electron chi connectivity index (χ0n) is 17.4. The molecule has 0 fully saturated rings. The van der Waals surface area contributed by atoms with E-state index in [0.29, 0.717) is 0 Å². The minimum atomic E-state index is -7.95. The van der Waals surface area contributed by atoms with Crippen LogP contribution in [0.5, 0.6) is 0 Å². The van der Waals surface area contributed by atoms with Crippen LogP contribution in [0.2, 0.25) is 0 Å². The molecule has 1 rings (SSSR count). The molecule has 19 heteroatoms. The van der Waals surface area contributed by atoms with Gasteiger partial charge in [0, 0.05) is 18.6 Å². The van der Waals surface area contributed by atoms with Gasteiger partial charge in [0.1, 0.15) is 0 Å². The second-order valence-electron chi connectivity index (χ2n) is 7.08. The third-order valence-electron chi connectivity index (χ3n) is 4.31. The van der Waals surface area contributed by atoms with Gasteiger partial charge in [-0.15, -0.1) is 0 Å². The minimum Gasteiger partial charge on any atom is -0.743 e. The molecule has 4 nitrogen and oxygen atoms in total. The molecule has 1 heterocycles. The first-order chi connectivity index (χ1) is 15.9. The highest BCUT2D eigenvalue weighted by molar-refractivity contribution is 7.86. The Morgan fingerprint density at radius 2 is 1.17 bits per heavy atom. The zero-order chi connectivity index (χ0) is 28.9. The van der Waals surface area contributed by atoms with Crippen molar-refractivity contribution in [1.82, 2.24) is 0 Å². The Morgan fingerprint density at radius 1 is 0.694 bits per heavy atom. The van der Waals surface area contributed by atoms with Gasteiger partial charge in [0.25, 0.3) is 0 Å². The quantitative estimate of drug-likeness (QED) is 0.183. The van der Waals surface area contributed by atoms with Crippen LogP contribution in [0.1, 0.15) is 32.1 Å². The number of alkyl halides is 14. The van der Waals surface area contributed by atoms with Gasteiger partial charge in [-0.1, -0.05) is 18.9 Å². The van der Waals surface area contributed by atoms with E-state index in [-0.39, 0.29) is 0 Å². The Morgan fingerprint density at radius 3 is 1.50 bits per heavy atom. The first-order valence-corrected chi connectivity index (χ1v) is 10.7. The summed E-state index contributed by atoms with van der Waals surface area (Å²) in [7, 11) is -7.78. The van der Waals surface area contributed by atoms with E-state index in [1.807, 2.05) is 30.6 Å². The Balaban J connectivity index is 0.00000176. The van der Waals surface area contributed by atoms with Crippen molar-refractivity contribution in [3.8, 4) is 0 Å². The summed E-state index contributed by atoms with van der Waals surface area (Å²) in [5.41, 5.74) is 0. The largest absolute Gasteiger partial charge is 0.743 e. The highest BCUT2D eigenvalue weighted by Crippen LogP contribution is 2.59. The van der Waals surface area contributed by atoms with Gasteiger partial charge in [-0.2, -0.15) is 57.1 Å². The summed E-state index contributed by atoms with van der Waals surface area (Å²) in [6.45, 7) is 0. The SMILES string of the molecule is O=S(=O)([O-])C(F)(F)C(F)(F)C(F)(F)C(F)(F)C(F)(F)C(F)CCCCCC(F)(F)F.c1cc[nH+]cc1. The number of pyridine rings is 1. The molecule has 1 aromatic heterocycles. The second-order valence-corrected chi connectivity index (χ2v) is 8.50. The standard InChI is InChI=1S/C12H12F14O3S.C5H5N/c13-6(4-2-1-3-5-7(14,15)16)8(17,18)9(19,20)10(21,22)11(23,24)12(25,26)30(27,28)29;1-2-4-6-5-3-1/h6H,1-5H2,(H,27,28,29);1-5H. The predicted octanol–water partition coefficient (Wildman–Crippen LogP) is 6.02. The predicted molar refractivity (Wildman–Crippen MR) is 91.5 cm³/mol. The molecule has 0 aromatic carbocycles. The Labute approximate surface area is 194 Å². The third-order valence-corrected chi connectivity index (χ3v) is 5.19. The number of unbranched alkanes of at least 4 members (excludes halogenated alkanes) is 2. The Bertz CT molecular complexity index is 880. The maximum atomic E-state index is 13.4. The van der Waals surface area contributed by atoms with E-state index in [2.05, 4.69) is 4.98 Å². The molecule has 0 radical (unpaired) electrons. The smallest absolute Gasteiger partial charge is 0.402 e. The fourth-order valence-electron chi connectivity index (χ4n) is 2.29. The second kappa shape index (κ2) is 11.6. The summed E-state index contributed by atoms with van der Waals surface area (Å²) in [6.07, 6.45) is -11.4. The van der Waals surface area contributed by atoms with E-state index in [1.54, 1.807) is 0 Å². The van der Waals surface area contributed by atoms with Crippen molar-refractivity contribution in [3.05, 3.63) is 30.6 Å². The molecule has 36 heavy (non-hydrogen) atoms. The molecule has 0 spiro atoms. The minimum absolute atomic E-state index is 0.735. The van der Waals surface area contributed by atoms with Gasteiger partial charge in [0.15, 0.2) is 28.7 Å². The van der Waals surface area contributed by atoms with Crippen molar-refractivity contribution in [3.63, 3.8) is 0 Å². The number of aromatic amines is 1. The van der Waals surface area contributed by atoms with Crippen LogP contribution in [0.3, 0.4) is 0 Å². The van der Waals surface area contributed by atoms with Crippen LogP contribution in [0.15, 0.2) is 30.6 Å². The number of hydrogen-bond acceptors (Lipinski definition) is 3. The topological polar surface area (TPSA) is 71.3 Å². The molecule has 0 amide bonds. The maximum absolute atomic E-state index is 13.4. The van der Waals surface area contributed by atoms with Gasteiger partial charge in [0.05, 0.1) is 0 Å². The average molecular weight is 581 g/mol. The number of hydrogen-bond donors (Lipinski definition) is 0. The lowest BCUT2D eigenvalue weighted by Crippen LogP contribution is -2.70. The zero-order valence-corrected chi connectivity index (χ0v) is 18.2. The van der Waals surface area contributed by atoms with Crippen LogP contribution in [0.25, 0.3) is 0 Å². The van der Waals surface area contributed by atoms with E-state index in [9.17, 15) is 74.4 Å². The summed E-state index contributed by atoms with van der Waals surface area (Å²) in [6, 6.07) is 5.86. The van der Waals surface area contributed by atoms with Gasteiger partial charge in [-0.25, -0.2) is 17.8 Å². The summed E-state index contributed by atoms with van der Waals surface area (Å²) < 4.78 is 211. The van der Waals surface area contributed by atoms with Crippen molar-refractivity contribution >= 4 is 10.1 Å². The first-order valence-electron chi connectivity index (χ1n) is 9.34. The lowest BCUT2D eigenvalue weighted by Gasteiger charge is -2.40. The Kier molecular flexibility index (Phi) is 11.0. The van der Waals surface area contributed by atoms with Crippen LogP contribution < -0.4 is 4.98 Å². The van der Waals surface area contributed by atoms with Crippen LogP contribution in [0, 0.1) is 0 Å². The van der Waals surface area contributed by atoms with Crippen LogP contribution in [-0.4, -0.2) is 54.3 Å². The van der Waals surface area contributed by atoms with E-state index in [4.69, 9.17) is 0 Å². The summed E-state index contributed by atoms with van der Waals surface area (Å²) in [5.74, 6) is -30.3. The van der Waals surface area contributed by atoms with Gasteiger partial charge in [-0.3, -0.25) is 0 Å². The molecule has 0 saturated carbocycles. The maximum Gasteiger partial charge on any atom is 0.402 e. The van der Waals surface area contributed by atoms with E-state index in [1.165, 1.54) is 0 Å². The summed E-state index contributed by atoms with van der Waals surface area (Å²) in [5, 5.41) is -7.49. The molecule has 1 unspecified atom stereocenters. The van der Waals surface area contributed by atoms with Crippen LogP contribution in [-0.2, 0) is 10.1 Å². The molecule has 0 aliphatic rings. The van der Waals surface area contributed by atoms with Crippen molar-refractivity contribution in [2.75, 3.05) is 0 Å². The first kappa shape index (κ1) is 34.1. The fourth-order valence-corrected chi connectivity index (χ4v) is 2.73. The van der Waals surface area contributed by atoms with Crippen molar-refractivity contribution in [2.45, 2.75) is 73.4 Å². The van der Waals surface area contributed by atoms with Gasteiger partial charge < -0.3 is 4.55 Å². The highest BCUT2D eigenvalue weighted by atomic mass is 32.2. The molecular formula is C17H17F14NO3S. The van der Waals surface area contributed by atoms with E-state index >= 15 is 0 Å². The van der Waals surface area contributed by atoms with Crippen LogP contribution in [0.4, 0.5) is 61.5 Å². The number of nitrogens with one attached hydrogen (secondary N) is 1. The van der Waals surface area contributed by atoms with Crippen molar-refractivity contribution in [2.24, 2.45) is 0 Å². The normalized spacial score (nSPS) is 15.2. The summed E-state index contributed by atoms with van der Waals surface area (Å²) >= 11 is 0. The molecule has 0 saturated heterocycles. The number of rotatable bonds is 11. The Hall–Kier alpha value is -1.92. The molecular weight excluding hydrogens is 564 g/mol. The molecule has 1 N–H and O–H groups in total. The molecule has 1 atom stereocenters. The molecule has 0 aliphatic heterocycles. The monoisotopic (exact) mass is 581 g/mol. The van der Waals surface area contributed by atoms with Crippen molar-refractivity contribution in [1.29, 1.82) is 0 Å². The number of halogens is 14. The highest BCUT2D eigenvalue weighted by Gasteiger charge is 2.88. The van der Waals surface area contributed by atoms with Crippen LogP contribution >= 0.6 is 0 Å². The number of aromatic nitrogens is 1. The molecule has 0 aliphatic carbocycles. The molecule has 0 bridgehead atoms. The molecule has 212 valence electrons. The van der Waals surface area contributed by atoms with Gasteiger partial charge in [-0.05, 0) is 12.8 Å². The number of H-pyrrole nitrogens is 1. The lowest BCUT2D eigenvalue weighted by molar-refractivity contribution is -0.397. The average Bonchev–Trinajstić information content (AvgIpc) is 2.72. The van der Waals surface area contributed by atoms with Gasteiger partial charge >= 0.3 is 35.1 Å². The lowest BCUT2D eigenvalue weighted by atomic mass is 9.93. The van der Waals surface area contributed by atoms with E-state index < -0.39 is 83.5 Å². The van der Waals surface area contributed by atoms with Crippen molar-refractivity contribution < 1.29 is 79.4 Å². The summed E-state index contributed by atoms with van der Waals surface area (Å²) in [4.78, 5) is 2.89.